The first-order valence-corrected chi connectivity index (χ1v) is 4.92. The zero-order valence-electron chi connectivity index (χ0n) is 7.63. The number of nitrogen functional groups attached to an aromatic ring is 1. The minimum Gasteiger partial charge on any atom is -0.494 e. The number of ether oxygens (including phenoxy) is 1. The van der Waals surface area contributed by atoms with Gasteiger partial charge in [-0.2, -0.15) is 0 Å². The van der Waals surface area contributed by atoms with Crippen LogP contribution in [0.5, 0.6) is 5.75 Å². The highest BCUT2D eigenvalue weighted by atomic mass is 32.1. The van der Waals surface area contributed by atoms with Gasteiger partial charge in [-0.05, 0) is 30.0 Å². The van der Waals surface area contributed by atoms with Crippen molar-refractivity contribution in [2.75, 3.05) is 12.8 Å². The third-order valence-corrected chi connectivity index (χ3v) is 3.16. The molecule has 0 radical (unpaired) electrons. The number of benzene rings is 1. The molecule has 2 nitrogen and oxygen atoms in total. The molecule has 0 saturated heterocycles. The lowest BCUT2D eigenvalue weighted by molar-refractivity contribution is 0.422. The van der Waals surface area contributed by atoms with Crippen LogP contribution in [0.3, 0.4) is 0 Å². The van der Waals surface area contributed by atoms with E-state index >= 15 is 0 Å². The summed E-state index contributed by atoms with van der Waals surface area (Å²) in [7, 11) is 1.65. The molecule has 2 aromatic rings. The van der Waals surface area contributed by atoms with Gasteiger partial charge in [0.1, 0.15) is 5.75 Å². The van der Waals surface area contributed by atoms with Gasteiger partial charge in [0.05, 0.1) is 12.8 Å². The van der Waals surface area contributed by atoms with Crippen molar-refractivity contribution in [3.8, 4) is 5.75 Å². The van der Waals surface area contributed by atoms with Crippen molar-refractivity contribution in [3.63, 3.8) is 0 Å². The average molecular weight is 193 g/mol. The highest BCUT2D eigenvalue weighted by Gasteiger charge is 2.08. The molecule has 0 bridgehead atoms. The van der Waals surface area contributed by atoms with Crippen LogP contribution in [-0.2, 0) is 0 Å². The molecule has 0 unspecified atom stereocenters. The summed E-state index contributed by atoms with van der Waals surface area (Å²) in [6.07, 6.45) is 0. The summed E-state index contributed by atoms with van der Waals surface area (Å²) in [6.45, 7) is 2.06. The number of anilines is 1. The molecule has 0 aliphatic carbocycles. The summed E-state index contributed by atoms with van der Waals surface area (Å²) in [4.78, 5) is 0. The second kappa shape index (κ2) is 2.92. The van der Waals surface area contributed by atoms with Gasteiger partial charge in [-0.15, -0.1) is 11.3 Å². The van der Waals surface area contributed by atoms with Crippen LogP contribution in [0, 0.1) is 6.92 Å². The Labute approximate surface area is 80.9 Å². The van der Waals surface area contributed by atoms with Gasteiger partial charge in [0, 0.05) is 10.1 Å². The quantitative estimate of drug-likeness (QED) is 0.707. The van der Waals surface area contributed by atoms with Gasteiger partial charge in [0.15, 0.2) is 0 Å². The first-order valence-electron chi connectivity index (χ1n) is 4.04. The van der Waals surface area contributed by atoms with E-state index in [1.54, 1.807) is 18.4 Å². The first kappa shape index (κ1) is 8.38. The number of fused-ring (bicyclic) bond motifs is 1. The number of hydrogen-bond donors (Lipinski definition) is 1. The first-order chi connectivity index (χ1) is 6.24. The van der Waals surface area contributed by atoms with Crippen LogP contribution in [0.25, 0.3) is 10.1 Å². The molecule has 0 spiro atoms. The van der Waals surface area contributed by atoms with Crippen molar-refractivity contribution in [2.24, 2.45) is 0 Å². The van der Waals surface area contributed by atoms with Crippen LogP contribution in [-0.4, -0.2) is 7.11 Å². The molecule has 1 aromatic carbocycles. The van der Waals surface area contributed by atoms with Gasteiger partial charge in [-0.25, -0.2) is 0 Å². The summed E-state index contributed by atoms with van der Waals surface area (Å²) < 4.78 is 6.51. The molecule has 1 aromatic heterocycles. The summed E-state index contributed by atoms with van der Waals surface area (Å²) in [5.41, 5.74) is 7.76. The zero-order valence-corrected chi connectivity index (χ0v) is 8.44. The van der Waals surface area contributed by atoms with Gasteiger partial charge in [0.25, 0.3) is 0 Å². The Hall–Kier alpha value is -1.22. The summed E-state index contributed by atoms with van der Waals surface area (Å²) in [5, 5.41) is 3.17. The smallest absolute Gasteiger partial charge is 0.150 e. The molecule has 0 amide bonds. The van der Waals surface area contributed by atoms with E-state index in [-0.39, 0.29) is 0 Å². The number of nitrogens with two attached hydrogens (primary N) is 1. The standard InChI is InChI=1S/C10H11NOS/c1-6-5-8(11)9(12-2)7-3-4-13-10(6)7/h3-5H,11H2,1-2H3. The molecule has 1 heterocycles. The van der Waals surface area contributed by atoms with Crippen LogP contribution in [0.4, 0.5) is 5.69 Å². The molecule has 0 fully saturated rings. The minimum atomic E-state index is 0.714. The molecule has 3 heteroatoms. The van der Waals surface area contributed by atoms with Crippen LogP contribution in [0.2, 0.25) is 0 Å². The number of methoxy groups -OCH3 is 1. The van der Waals surface area contributed by atoms with Crippen molar-refractivity contribution in [3.05, 3.63) is 23.1 Å². The van der Waals surface area contributed by atoms with E-state index in [0.29, 0.717) is 5.69 Å². The maximum absolute atomic E-state index is 5.84. The average Bonchev–Trinajstić information content (AvgIpc) is 2.53. The lowest BCUT2D eigenvalue weighted by Gasteiger charge is -2.07. The monoisotopic (exact) mass is 193 g/mol. The molecule has 2 N–H and O–H groups in total. The van der Waals surface area contributed by atoms with Gasteiger partial charge >= 0.3 is 0 Å². The van der Waals surface area contributed by atoms with Crippen molar-refractivity contribution >= 4 is 27.1 Å². The molecular weight excluding hydrogens is 182 g/mol. The van der Waals surface area contributed by atoms with Gasteiger partial charge < -0.3 is 10.5 Å². The highest BCUT2D eigenvalue weighted by Crippen LogP contribution is 2.36. The molecule has 0 atom stereocenters. The maximum Gasteiger partial charge on any atom is 0.150 e. The second-order valence-electron chi connectivity index (χ2n) is 2.98. The fraction of sp³-hybridized carbons (Fsp3) is 0.200. The third kappa shape index (κ3) is 1.16. The number of thiophene rings is 1. The Balaban J connectivity index is 2.88. The molecule has 0 aliphatic heterocycles. The van der Waals surface area contributed by atoms with E-state index < -0.39 is 0 Å². The Bertz CT molecular complexity index is 447. The van der Waals surface area contributed by atoms with Crippen molar-refractivity contribution in [1.82, 2.24) is 0 Å². The SMILES string of the molecule is COc1c(N)cc(C)c2sccc12. The molecule has 68 valence electrons. The van der Waals surface area contributed by atoms with E-state index in [9.17, 15) is 0 Å². The molecular formula is C10H11NOS. The van der Waals surface area contributed by atoms with Crippen LogP contribution in [0.15, 0.2) is 17.5 Å². The number of rotatable bonds is 1. The predicted octanol–water partition coefficient (Wildman–Crippen LogP) is 2.80. The van der Waals surface area contributed by atoms with Crippen molar-refractivity contribution in [1.29, 1.82) is 0 Å². The largest absolute Gasteiger partial charge is 0.494 e. The summed E-state index contributed by atoms with van der Waals surface area (Å²) in [6, 6.07) is 4.00. The van der Waals surface area contributed by atoms with Crippen LogP contribution < -0.4 is 10.5 Å². The maximum atomic E-state index is 5.84. The second-order valence-corrected chi connectivity index (χ2v) is 3.90. The molecule has 0 saturated carbocycles. The Morgan fingerprint density at radius 2 is 2.23 bits per heavy atom. The normalized spacial score (nSPS) is 10.6. The number of aryl methyl sites for hydroxylation is 1. The molecule has 0 aliphatic rings. The minimum absolute atomic E-state index is 0.714. The highest BCUT2D eigenvalue weighted by molar-refractivity contribution is 7.17. The van der Waals surface area contributed by atoms with E-state index in [2.05, 4.69) is 12.3 Å². The van der Waals surface area contributed by atoms with Crippen LogP contribution in [0.1, 0.15) is 5.56 Å². The third-order valence-electron chi connectivity index (χ3n) is 2.11. The topological polar surface area (TPSA) is 35.2 Å². The van der Waals surface area contributed by atoms with E-state index in [1.165, 1.54) is 10.3 Å². The van der Waals surface area contributed by atoms with Crippen LogP contribution >= 0.6 is 11.3 Å². The lowest BCUT2D eigenvalue weighted by Crippen LogP contribution is -1.93. The van der Waals surface area contributed by atoms with Gasteiger partial charge in [0.2, 0.25) is 0 Å². The van der Waals surface area contributed by atoms with Gasteiger partial charge in [-0.1, -0.05) is 0 Å². The van der Waals surface area contributed by atoms with Crippen molar-refractivity contribution in [2.45, 2.75) is 6.92 Å². The predicted molar refractivity (Wildman–Crippen MR) is 57.5 cm³/mol. The van der Waals surface area contributed by atoms with Gasteiger partial charge in [-0.3, -0.25) is 0 Å². The Morgan fingerprint density at radius 3 is 2.92 bits per heavy atom. The van der Waals surface area contributed by atoms with E-state index in [0.717, 1.165) is 11.1 Å². The van der Waals surface area contributed by atoms with Crippen molar-refractivity contribution < 1.29 is 4.74 Å². The zero-order chi connectivity index (χ0) is 9.42. The van der Waals surface area contributed by atoms with E-state index in [4.69, 9.17) is 10.5 Å². The van der Waals surface area contributed by atoms with E-state index in [1.807, 2.05) is 12.1 Å². The Kier molecular flexibility index (Phi) is 1.88. The molecule has 13 heavy (non-hydrogen) atoms. The number of hydrogen-bond acceptors (Lipinski definition) is 3. The fourth-order valence-corrected chi connectivity index (χ4v) is 2.41. The molecule has 2 rings (SSSR count). The Morgan fingerprint density at radius 1 is 1.46 bits per heavy atom. The summed E-state index contributed by atoms with van der Waals surface area (Å²) in [5.74, 6) is 0.793. The fourth-order valence-electron chi connectivity index (χ4n) is 1.54. The summed E-state index contributed by atoms with van der Waals surface area (Å²) >= 11 is 1.72. The lowest BCUT2D eigenvalue weighted by atomic mass is 10.1.